The molecular formula is C22H17N5O7S. The molecule has 0 radical (unpaired) electrons. The molecule has 4 rings (SSSR count). The van der Waals surface area contributed by atoms with Crippen LogP contribution in [0.4, 0.5) is 17.4 Å². The molecule has 0 aliphatic heterocycles. The minimum atomic E-state index is -4.39. The lowest BCUT2D eigenvalue weighted by Gasteiger charge is -2.12. The van der Waals surface area contributed by atoms with E-state index in [1.165, 1.54) is 43.5 Å². The number of nitro benzene ring substituents is 1. The monoisotopic (exact) mass is 495 g/mol. The van der Waals surface area contributed by atoms with E-state index in [1.807, 2.05) is 0 Å². The van der Waals surface area contributed by atoms with Gasteiger partial charge in [0, 0.05) is 11.6 Å². The Kier molecular flexibility index (Phi) is 6.42. The van der Waals surface area contributed by atoms with Gasteiger partial charge in [0.2, 0.25) is 5.89 Å². The number of sulfonamides is 1. The van der Waals surface area contributed by atoms with Crippen LogP contribution in [0.5, 0.6) is 5.75 Å². The molecule has 3 aromatic carbocycles. The van der Waals surface area contributed by atoms with Crippen LogP contribution in [0.1, 0.15) is 10.4 Å². The van der Waals surface area contributed by atoms with Gasteiger partial charge in [0.15, 0.2) is 4.90 Å². The minimum Gasteiger partial charge on any atom is -0.497 e. The zero-order chi connectivity index (χ0) is 25.0. The Hall–Kier alpha value is -4.78. The fourth-order valence-electron chi connectivity index (χ4n) is 3.09. The van der Waals surface area contributed by atoms with Crippen molar-refractivity contribution in [3.8, 4) is 17.2 Å². The van der Waals surface area contributed by atoms with E-state index in [0.29, 0.717) is 11.3 Å². The highest BCUT2D eigenvalue weighted by atomic mass is 32.2. The first-order valence-corrected chi connectivity index (χ1v) is 11.4. The van der Waals surface area contributed by atoms with Crippen molar-refractivity contribution in [1.29, 1.82) is 0 Å². The fourth-order valence-corrected chi connectivity index (χ4v) is 4.35. The molecule has 35 heavy (non-hydrogen) atoms. The molecule has 0 aliphatic rings. The number of anilines is 2. The van der Waals surface area contributed by atoms with Crippen LogP contribution in [0.15, 0.2) is 82.1 Å². The predicted molar refractivity (Wildman–Crippen MR) is 125 cm³/mol. The van der Waals surface area contributed by atoms with Gasteiger partial charge in [-0.05, 0) is 42.5 Å². The van der Waals surface area contributed by atoms with E-state index in [4.69, 9.17) is 9.15 Å². The number of amides is 1. The lowest BCUT2D eigenvalue weighted by molar-refractivity contribution is -0.387. The van der Waals surface area contributed by atoms with E-state index in [2.05, 4.69) is 20.2 Å². The Morgan fingerprint density at radius 1 is 1.00 bits per heavy atom. The number of nitrogens with zero attached hydrogens (tertiary/aromatic N) is 3. The Balaban J connectivity index is 1.56. The molecule has 0 aliphatic carbocycles. The third-order valence-electron chi connectivity index (χ3n) is 4.75. The molecule has 4 aromatic rings. The van der Waals surface area contributed by atoms with E-state index < -0.39 is 31.4 Å². The smallest absolute Gasteiger partial charge is 0.322 e. The van der Waals surface area contributed by atoms with Gasteiger partial charge in [-0.3, -0.25) is 24.9 Å². The van der Waals surface area contributed by atoms with Crippen LogP contribution >= 0.6 is 0 Å². The molecule has 0 saturated carbocycles. The van der Waals surface area contributed by atoms with Gasteiger partial charge in [-0.2, -0.15) is 0 Å². The summed E-state index contributed by atoms with van der Waals surface area (Å²) in [6, 6.07) is 17.2. The highest BCUT2D eigenvalue weighted by Crippen LogP contribution is 2.27. The maximum atomic E-state index is 12.9. The Morgan fingerprint density at radius 3 is 2.40 bits per heavy atom. The number of para-hydroxylation sites is 2. The molecule has 13 heteroatoms. The number of ether oxygens (including phenoxy) is 1. The molecule has 2 N–H and O–H groups in total. The average Bonchev–Trinajstić information content (AvgIpc) is 3.32. The maximum absolute atomic E-state index is 12.9. The lowest BCUT2D eigenvalue weighted by Crippen LogP contribution is -2.19. The third kappa shape index (κ3) is 5.09. The van der Waals surface area contributed by atoms with Crippen LogP contribution in [0.2, 0.25) is 0 Å². The summed E-state index contributed by atoms with van der Waals surface area (Å²) in [4.78, 5) is 22.8. The SMILES string of the molecule is COc1ccc(-c2nnc(NC(=O)c3ccccc3NS(=O)(=O)c3ccccc3[N+](=O)[O-])o2)cc1. The summed E-state index contributed by atoms with van der Waals surface area (Å²) in [5, 5.41) is 21.4. The summed E-state index contributed by atoms with van der Waals surface area (Å²) in [6.45, 7) is 0. The van der Waals surface area contributed by atoms with E-state index in [-0.39, 0.29) is 23.2 Å². The first-order valence-electron chi connectivity index (χ1n) is 9.93. The number of hydrogen-bond donors (Lipinski definition) is 2. The molecule has 0 bridgehead atoms. The van der Waals surface area contributed by atoms with Crippen LogP contribution in [0.3, 0.4) is 0 Å². The summed E-state index contributed by atoms with van der Waals surface area (Å²) >= 11 is 0. The van der Waals surface area contributed by atoms with Crippen molar-refractivity contribution >= 4 is 33.3 Å². The van der Waals surface area contributed by atoms with Crippen molar-refractivity contribution < 1.29 is 27.3 Å². The van der Waals surface area contributed by atoms with Gasteiger partial charge < -0.3 is 9.15 Å². The van der Waals surface area contributed by atoms with Gasteiger partial charge >= 0.3 is 6.01 Å². The van der Waals surface area contributed by atoms with Crippen molar-refractivity contribution in [3.63, 3.8) is 0 Å². The number of benzene rings is 3. The number of carbonyl (C=O) groups is 1. The topological polar surface area (TPSA) is 167 Å². The number of hydrogen-bond acceptors (Lipinski definition) is 9. The van der Waals surface area contributed by atoms with Gasteiger partial charge in [0.25, 0.3) is 21.6 Å². The van der Waals surface area contributed by atoms with Crippen LogP contribution in [-0.2, 0) is 10.0 Å². The molecular weight excluding hydrogens is 478 g/mol. The van der Waals surface area contributed by atoms with Crippen molar-refractivity contribution in [2.75, 3.05) is 17.1 Å². The van der Waals surface area contributed by atoms with Crippen molar-refractivity contribution in [2.24, 2.45) is 0 Å². The first-order chi connectivity index (χ1) is 16.8. The Morgan fingerprint density at radius 2 is 1.69 bits per heavy atom. The first kappa shape index (κ1) is 23.4. The second-order valence-corrected chi connectivity index (χ2v) is 8.62. The number of aromatic nitrogens is 2. The number of rotatable bonds is 8. The highest BCUT2D eigenvalue weighted by Gasteiger charge is 2.27. The Labute approximate surface area is 198 Å². The van der Waals surface area contributed by atoms with Crippen molar-refractivity contribution in [2.45, 2.75) is 4.90 Å². The summed E-state index contributed by atoms with van der Waals surface area (Å²) in [5.74, 6) is 0.0470. The van der Waals surface area contributed by atoms with Crippen molar-refractivity contribution in [1.82, 2.24) is 10.2 Å². The molecule has 12 nitrogen and oxygen atoms in total. The van der Waals surface area contributed by atoms with E-state index in [0.717, 1.165) is 12.1 Å². The van der Waals surface area contributed by atoms with Gasteiger partial charge in [-0.25, -0.2) is 8.42 Å². The third-order valence-corrected chi connectivity index (χ3v) is 6.16. The van der Waals surface area contributed by atoms with Crippen molar-refractivity contribution in [3.05, 3.63) is 88.5 Å². The minimum absolute atomic E-state index is 0.0705. The molecule has 0 atom stereocenters. The molecule has 1 aromatic heterocycles. The maximum Gasteiger partial charge on any atom is 0.322 e. The van der Waals surface area contributed by atoms with Gasteiger partial charge in [0.1, 0.15) is 5.75 Å². The predicted octanol–water partition coefficient (Wildman–Crippen LogP) is 3.71. The summed E-state index contributed by atoms with van der Waals surface area (Å²) in [6.07, 6.45) is 0. The molecule has 1 amide bonds. The van der Waals surface area contributed by atoms with Crippen LogP contribution in [0.25, 0.3) is 11.5 Å². The molecule has 0 spiro atoms. The largest absolute Gasteiger partial charge is 0.497 e. The molecule has 178 valence electrons. The van der Waals surface area contributed by atoms with E-state index in [1.54, 1.807) is 24.3 Å². The number of carbonyl (C=O) groups excluding carboxylic acids is 1. The molecule has 1 heterocycles. The van der Waals surface area contributed by atoms with Crippen LogP contribution < -0.4 is 14.8 Å². The molecule has 0 fully saturated rings. The zero-order valence-electron chi connectivity index (χ0n) is 18.0. The second kappa shape index (κ2) is 9.61. The fraction of sp³-hybridized carbons (Fsp3) is 0.0455. The van der Waals surface area contributed by atoms with Gasteiger partial charge in [-0.1, -0.05) is 29.4 Å². The van der Waals surface area contributed by atoms with Crippen LogP contribution in [-0.4, -0.2) is 36.6 Å². The number of nitrogens with one attached hydrogen (secondary N) is 2. The van der Waals surface area contributed by atoms with E-state index >= 15 is 0 Å². The summed E-state index contributed by atoms with van der Waals surface area (Å²) in [5.41, 5.74) is -0.174. The number of nitro groups is 1. The van der Waals surface area contributed by atoms with Gasteiger partial charge in [0.05, 0.1) is 23.3 Å². The quantitative estimate of drug-likeness (QED) is 0.273. The van der Waals surface area contributed by atoms with Crippen LogP contribution in [0, 0.1) is 10.1 Å². The standard InChI is InChI=1S/C22H17N5O7S/c1-33-15-12-10-14(11-13-15)21-24-25-22(34-21)23-20(28)16-6-2-3-7-17(16)26-35(31,32)19-9-5-4-8-18(19)27(29)30/h2-13,26H,1H3,(H,23,25,28). The van der Waals surface area contributed by atoms with E-state index in [9.17, 15) is 23.3 Å². The Bertz CT molecular complexity index is 1500. The normalized spacial score (nSPS) is 11.0. The average molecular weight is 495 g/mol. The zero-order valence-corrected chi connectivity index (χ0v) is 18.9. The number of methoxy groups -OCH3 is 1. The molecule has 0 saturated heterocycles. The highest BCUT2D eigenvalue weighted by molar-refractivity contribution is 7.92. The second-order valence-electron chi connectivity index (χ2n) is 6.97. The summed E-state index contributed by atoms with van der Waals surface area (Å²) < 4.78 is 38.6. The lowest BCUT2D eigenvalue weighted by atomic mass is 10.2. The summed E-state index contributed by atoms with van der Waals surface area (Å²) in [7, 11) is -2.85. The molecule has 0 unspecified atom stereocenters. The van der Waals surface area contributed by atoms with Gasteiger partial charge in [-0.15, -0.1) is 5.10 Å².